The number of ether oxygens (including phenoxy) is 1. The van der Waals surface area contributed by atoms with E-state index < -0.39 is 84.6 Å². The first-order valence-electron chi connectivity index (χ1n) is 22.8. The highest BCUT2D eigenvalue weighted by atomic mass is 32.2. The van der Waals surface area contributed by atoms with Crippen molar-refractivity contribution in [3.63, 3.8) is 0 Å². The fraction of sp³-hybridized carbons (Fsp3) is 0.769. The zero-order valence-corrected chi connectivity index (χ0v) is 42.6. The Labute approximate surface area is 404 Å². The average molecular weight is 1060 g/mol. The number of imidazole rings is 1. The number of fused-ring (bicyclic) bond motifs is 1. The molecule has 2 aromatic rings. The van der Waals surface area contributed by atoms with Crippen molar-refractivity contribution in [2.24, 2.45) is 5.41 Å². The normalized spacial score (nSPS) is 19.7. The summed E-state index contributed by atoms with van der Waals surface area (Å²) in [5.74, 6) is -1.47. The second-order valence-electron chi connectivity index (χ2n) is 17.1. The van der Waals surface area contributed by atoms with E-state index in [2.05, 4.69) is 46.7 Å². The number of nitrogens with one attached hydrogen (secondary N) is 3. The number of aromatic nitrogens is 4. The van der Waals surface area contributed by atoms with E-state index in [9.17, 15) is 62.7 Å². The fourth-order valence-corrected chi connectivity index (χ4v) is 10.3. The molecular formula is C39H69N8O18P3S. The second-order valence-corrected chi connectivity index (χ2v) is 22.4. The summed E-state index contributed by atoms with van der Waals surface area (Å²) in [7, 11) is -16.5. The molecule has 30 heteroatoms. The number of nitrogens with two attached hydrogens (primary N) is 1. The number of unbranched alkanes of at least 4 members (excludes halogenated alkanes) is 12. The summed E-state index contributed by atoms with van der Waals surface area (Å²) < 4.78 is 62.4. The van der Waals surface area contributed by atoms with Gasteiger partial charge in [-0.3, -0.25) is 37.3 Å². The first-order chi connectivity index (χ1) is 32.4. The molecule has 7 atom stereocenters. The standard InChI is InChI=1S/C39H69N8O18P3S/c1-4-5-6-7-8-9-10-11-12-13-14-15-16-17-28(48)43-22-30(50)69-21-20-41-29(49)18-19-42-37(53)34(52)39(2,3)24-62-68(59,60)65-67(57,58)61-23-27-33(64-66(54,55)56)32(51)38(63-27)47-26-46-31-35(40)44-25-45-36(31)47/h25-27,32-34,38,51-52H,4-24H2,1-3H3,(H,41,49)(H,42,53)(H,43,48)(H,57,58)(H,59,60)(H2,40,44,45)(H2,54,55,56). The van der Waals surface area contributed by atoms with Gasteiger partial charge in [-0.25, -0.2) is 28.6 Å². The predicted molar refractivity (Wildman–Crippen MR) is 250 cm³/mol. The third kappa shape index (κ3) is 22.6. The number of anilines is 1. The number of amides is 3. The molecule has 3 amide bonds. The number of hydrogen-bond acceptors (Lipinski definition) is 19. The van der Waals surface area contributed by atoms with Crippen molar-refractivity contribution in [1.82, 2.24) is 35.5 Å². The minimum absolute atomic E-state index is 0.0256. The summed E-state index contributed by atoms with van der Waals surface area (Å²) >= 11 is 0.945. The fourth-order valence-electron chi connectivity index (χ4n) is 6.91. The first-order valence-corrected chi connectivity index (χ1v) is 28.3. The third-order valence-electron chi connectivity index (χ3n) is 10.7. The van der Waals surface area contributed by atoms with Crippen molar-refractivity contribution < 1.29 is 85.3 Å². The Bertz CT molecular complexity index is 2100. The molecule has 394 valence electrons. The Hall–Kier alpha value is -2.97. The van der Waals surface area contributed by atoms with Crippen LogP contribution in [0.5, 0.6) is 0 Å². The SMILES string of the molecule is CCCCCCCCCCCCCCCC(=O)NCC(=O)SCCNC(=O)CCNC(=O)C(O)C(C)(C)COP(=O)(O)OP(=O)(O)OCC1OC(n2cnc3c(N)ncnc32)C(O)C1OP(=O)(O)O. The van der Waals surface area contributed by atoms with Crippen LogP contribution >= 0.6 is 35.2 Å². The zero-order valence-electron chi connectivity index (χ0n) is 39.1. The van der Waals surface area contributed by atoms with Crippen LogP contribution < -0.4 is 21.7 Å². The highest BCUT2D eigenvalue weighted by Crippen LogP contribution is 2.61. The summed E-state index contributed by atoms with van der Waals surface area (Å²) in [6.45, 7) is 2.43. The van der Waals surface area contributed by atoms with E-state index in [1.807, 2.05) is 0 Å². The van der Waals surface area contributed by atoms with Crippen molar-refractivity contribution in [3.05, 3.63) is 12.7 Å². The van der Waals surface area contributed by atoms with E-state index in [4.69, 9.17) is 19.5 Å². The van der Waals surface area contributed by atoms with Gasteiger partial charge >= 0.3 is 23.5 Å². The zero-order chi connectivity index (χ0) is 51.3. The minimum atomic E-state index is -5.59. The van der Waals surface area contributed by atoms with E-state index in [1.165, 1.54) is 78.1 Å². The number of aliphatic hydroxyl groups is 2. The monoisotopic (exact) mass is 1060 g/mol. The smallest absolute Gasteiger partial charge is 0.386 e. The number of carbonyl (C=O) groups is 4. The van der Waals surface area contributed by atoms with Crippen LogP contribution in [-0.4, -0.2) is 135 Å². The number of aliphatic hydroxyl groups excluding tert-OH is 2. The molecule has 69 heavy (non-hydrogen) atoms. The van der Waals surface area contributed by atoms with Crippen LogP contribution in [0.25, 0.3) is 11.2 Å². The van der Waals surface area contributed by atoms with Crippen LogP contribution in [0.2, 0.25) is 0 Å². The molecule has 1 aliphatic heterocycles. The maximum absolute atomic E-state index is 12.7. The Balaban J connectivity index is 1.30. The van der Waals surface area contributed by atoms with Gasteiger partial charge in [0.1, 0.15) is 36.3 Å². The predicted octanol–water partition coefficient (Wildman–Crippen LogP) is 3.26. The lowest BCUT2D eigenvalue weighted by atomic mass is 9.87. The Morgan fingerprint density at radius 2 is 1.43 bits per heavy atom. The van der Waals surface area contributed by atoms with Crippen molar-refractivity contribution in [2.75, 3.05) is 44.3 Å². The van der Waals surface area contributed by atoms with Crippen LogP contribution in [0.3, 0.4) is 0 Å². The summed E-state index contributed by atoms with van der Waals surface area (Å²) in [4.78, 5) is 100. The lowest BCUT2D eigenvalue weighted by Gasteiger charge is -2.30. The number of phosphoric ester groups is 3. The number of hydrogen-bond donors (Lipinski definition) is 10. The molecule has 1 saturated heterocycles. The summed E-state index contributed by atoms with van der Waals surface area (Å²) in [6.07, 6.45) is 8.99. The van der Waals surface area contributed by atoms with Gasteiger partial charge in [-0.05, 0) is 6.42 Å². The van der Waals surface area contributed by atoms with Gasteiger partial charge in [0, 0.05) is 37.1 Å². The van der Waals surface area contributed by atoms with E-state index >= 15 is 0 Å². The molecule has 11 N–H and O–H groups in total. The van der Waals surface area contributed by atoms with Crippen LogP contribution in [-0.2, 0) is 55.5 Å². The van der Waals surface area contributed by atoms with E-state index in [1.54, 1.807) is 0 Å². The van der Waals surface area contributed by atoms with Crippen molar-refractivity contribution in [3.8, 4) is 0 Å². The van der Waals surface area contributed by atoms with E-state index in [0.717, 1.165) is 48.2 Å². The number of rotatable bonds is 35. The van der Waals surface area contributed by atoms with Crippen LogP contribution in [0.15, 0.2) is 12.7 Å². The quantitative estimate of drug-likeness (QED) is 0.0350. The largest absolute Gasteiger partial charge is 0.481 e. The van der Waals surface area contributed by atoms with Crippen molar-refractivity contribution >= 4 is 75.0 Å². The molecule has 0 bridgehead atoms. The molecule has 3 rings (SSSR count). The average Bonchev–Trinajstić information content (AvgIpc) is 3.84. The summed E-state index contributed by atoms with van der Waals surface area (Å²) in [5.41, 5.74) is 4.24. The number of nitrogen functional groups attached to an aromatic ring is 1. The lowest BCUT2D eigenvalue weighted by Crippen LogP contribution is -2.46. The number of thioether (sulfide) groups is 1. The topological polar surface area (TPSA) is 393 Å². The molecule has 1 fully saturated rings. The Kier molecular flexibility index (Phi) is 25.8. The van der Waals surface area contributed by atoms with Gasteiger partial charge < -0.3 is 56.2 Å². The molecule has 26 nitrogen and oxygen atoms in total. The van der Waals surface area contributed by atoms with Crippen molar-refractivity contribution in [1.29, 1.82) is 0 Å². The Morgan fingerprint density at radius 1 is 0.841 bits per heavy atom. The second kappa shape index (κ2) is 29.5. The van der Waals surface area contributed by atoms with Gasteiger partial charge in [0.2, 0.25) is 22.8 Å². The molecule has 1 aliphatic rings. The maximum atomic E-state index is 12.7. The van der Waals surface area contributed by atoms with Crippen LogP contribution in [0.1, 0.15) is 123 Å². The molecule has 0 saturated carbocycles. The van der Waals surface area contributed by atoms with Gasteiger partial charge in [0.15, 0.2) is 17.7 Å². The minimum Gasteiger partial charge on any atom is -0.386 e. The van der Waals surface area contributed by atoms with E-state index in [-0.39, 0.29) is 59.8 Å². The molecule has 7 unspecified atom stereocenters. The van der Waals surface area contributed by atoms with Gasteiger partial charge in [0.05, 0.1) is 26.1 Å². The first kappa shape index (κ1) is 60.3. The number of nitrogens with zero attached hydrogens (tertiary/aromatic N) is 4. The van der Waals surface area contributed by atoms with Gasteiger partial charge in [-0.2, -0.15) is 4.31 Å². The van der Waals surface area contributed by atoms with Gasteiger partial charge in [0.25, 0.3) is 0 Å². The Morgan fingerprint density at radius 3 is 2.06 bits per heavy atom. The molecular weight excluding hydrogens is 993 g/mol. The highest BCUT2D eigenvalue weighted by molar-refractivity contribution is 8.13. The van der Waals surface area contributed by atoms with E-state index in [0.29, 0.717) is 6.42 Å². The van der Waals surface area contributed by atoms with Crippen LogP contribution in [0.4, 0.5) is 5.82 Å². The maximum Gasteiger partial charge on any atom is 0.481 e. The molecule has 0 aromatic carbocycles. The molecule has 0 spiro atoms. The highest BCUT2D eigenvalue weighted by Gasteiger charge is 2.50. The summed E-state index contributed by atoms with van der Waals surface area (Å²) in [5, 5.41) is 28.8. The third-order valence-corrected chi connectivity index (χ3v) is 14.7. The molecule has 3 heterocycles. The molecule has 0 aliphatic carbocycles. The summed E-state index contributed by atoms with van der Waals surface area (Å²) in [6, 6.07) is 0. The van der Waals surface area contributed by atoms with Crippen molar-refractivity contribution in [2.45, 2.75) is 148 Å². The van der Waals surface area contributed by atoms with Gasteiger partial charge in [-0.1, -0.05) is 110 Å². The lowest BCUT2D eigenvalue weighted by molar-refractivity contribution is -0.137. The van der Waals surface area contributed by atoms with Crippen LogP contribution in [0, 0.1) is 5.41 Å². The number of carbonyl (C=O) groups excluding carboxylic acids is 4. The molecule has 2 aromatic heterocycles. The number of phosphoric acid groups is 3. The molecule has 0 radical (unpaired) electrons. The van der Waals surface area contributed by atoms with Gasteiger partial charge in [-0.15, -0.1) is 0 Å².